The molecule has 1 aliphatic heterocycles. The summed E-state index contributed by atoms with van der Waals surface area (Å²) in [6.07, 6.45) is 0. The van der Waals surface area contributed by atoms with Crippen molar-refractivity contribution in [1.82, 2.24) is 9.21 Å². The minimum absolute atomic E-state index is 0.139. The highest BCUT2D eigenvalue weighted by atomic mass is 35.5. The summed E-state index contributed by atoms with van der Waals surface area (Å²) in [5.74, 6) is 0. The number of likely N-dealkylation sites (N-methyl/N-ethyl adjacent to an activating group) is 1. The Labute approximate surface area is 124 Å². The number of sulfonamides is 1. The number of hydrogen-bond acceptors (Lipinski definition) is 3. The van der Waals surface area contributed by atoms with E-state index in [2.05, 4.69) is 4.90 Å². The number of hydrogen-bond donors (Lipinski definition) is 0. The third kappa shape index (κ3) is 3.06. The molecule has 106 valence electrons. The first-order chi connectivity index (χ1) is 8.82. The average Bonchev–Trinajstić information content (AvgIpc) is 2.34. The minimum Gasteiger partial charge on any atom is -0.304 e. The summed E-state index contributed by atoms with van der Waals surface area (Å²) in [4.78, 5) is 2.24. The number of benzene rings is 1. The van der Waals surface area contributed by atoms with Gasteiger partial charge in [-0.1, -0.05) is 23.2 Å². The van der Waals surface area contributed by atoms with Crippen molar-refractivity contribution in [2.75, 3.05) is 33.2 Å². The van der Waals surface area contributed by atoms with Crippen molar-refractivity contribution in [2.24, 2.45) is 0 Å². The van der Waals surface area contributed by atoms with E-state index in [0.29, 0.717) is 23.7 Å². The molecule has 1 saturated heterocycles. The van der Waals surface area contributed by atoms with Crippen molar-refractivity contribution in [3.05, 3.63) is 27.7 Å². The lowest BCUT2D eigenvalue weighted by atomic mass is 10.2. The first-order valence-electron chi connectivity index (χ1n) is 5.96. The highest BCUT2D eigenvalue weighted by Gasteiger charge is 2.29. The van der Waals surface area contributed by atoms with E-state index in [1.54, 1.807) is 13.0 Å². The average molecular weight is 323 g/mol. The summed E-state index contributed by atoms with van der Waals surface area (Å²) in [5.41, 5.74) is 0.707. The molecule has 1 fully saturated rings. The molecule has 0 spiro atoms. The summed E-state index contributed by atoms with van der Waals surface area (Å²) in [7, 11) is -1.56. The lowest BCUT2D eigenvalue weighted by Gasteiger charge is -2.31. The maximum absolute atomic E-state index is 12.6. The Morgan fingerprint density at radius 2 is 1.63 bits per heavy atom. The molecule has 1 aliphatic rings. The molecule has 1 heterocycles. The zero-order valence-corrected chi connectivity index (χ0v) is 13.2. The Morgan fingerprint density at radius 1 is 1.05 bits per heavy atom. The van der Waals surface area contributed by atoms with Crippen molar-refractivity contribution in [2.45, 2.75) is 11.8 Å². The molecule has 1 aromatic rings. The van der Waals surface area contributed by atoms with Crippen molar-refractivity contribution in [3.8, 4) is 0 Å². The van der Waals surface area contributed by atoms with Gasteiger partial charge in [-0.05, 0) is 31.7 Å². The van der Waals surface area contributed by atoms with Crippen LogP contribution in [-0.2, 0) is 10.0 Å². The maximum Gasteiger partial charge on any atom is 0.244 e. The van der Waals surface area contributed by atoms with Crippen LogP contribution in [0.25, 0.3) is 0 Å². The number of piperazine rings is 1. The van der Waals surface area contributed by atoms with E-state index in [1.165, 1.54) is 10.4 Å². The summed E-state index contributed by atoms with van der Waals surface area (Å²) >= 11 is 12.0. The fourth-order valence-electron chi connectivity index (χ4n) is 2.00. The molecular weight excluding hydrogens is 307 g/mol. The molecule has 0 bridgehead atoms. The van der Waals surface area contributed by atoms with Crippen LogP contribution >= 0.6 is 23.2 Å². The standard InChI is InChI=1S/C12H16Cl2N2O2S/c1-9-7-12(11(14)8-10(9)13)19(17,18)16-5-3-15(2)4-6-16/h7-8H,3-6H2,1-2H3. The quantitative estimate of drug-likeness (QED) is 0.838. The van der Waals surface area contributed by atoms with Crippen LogP contribution in [-0.4, -0.2) is 50.8 Å². The molecular formula is C12H16Cl2N2O2S. The molecule has 1 aromatic carbocycles. The van der Waals surface area contributed by atoms with Gasteiger partial charge in [0.1, 0.15) is 4.90 Å². The van der Waals surface area contributed by atoms with E-state index in [1.807, 2.05) is 7.05 Å². The Bertz CT molecular complexity index is 582. The van der Waals surface area contributed by atoms with E-state index >= 15 is 0 Å². The van der Waals surface area contributed by atoms with Gasteiger partial charge in [-0.25, -0.2) is 8.42 Å². The van der Waals surface area contributed by atoms with Crippen LogP contribution in [0, 0.1) is 6.92 Å². The third-order valence-corrected chi connectivity index (χ3v) is 6.06. The van der Waals surface area contributed by atoms with Gasteiger partial charge in [-0.3, -0.25) is 0 Å². The van der Waals surface area contributed by atoms with Gasteiger partial charge in [0.2, 0.25) is 10.0 Å². The van der Waals surface area contributed by atoms with Gasteiger partial charge < -0.3 is 4.90 Å². The molecule has 4 nitrogen and oxygen atoms in total. The van der Waals surface area contributed by atoms with Crippen LogP contribution in [0.15, 0.2) is 17.0 Å². The molecule has 0 atom stereocenters. The molecule has 0 unspecified atom stereocenters. The monoisotopic (exact) mass is 322 g/mol. The molecule has 0 saturated carbocycles. The Kier molecular flexibility index (Phi) is 4.42. The first kappa shape index (κ1) is 15.1. The van der Waals surface area contributed by atoms with Gasteiger partial charge in [-0.15, -0.1) is 0 Å². The van der Waals surface area contributed by atoms with Gasteiger partial charge >= 0.3 is 0 Å². The Morgan fingerprint density at radius 3 is 2.21 bits per heavy atom. The number of aryl methyl sites for hydroxylation is 1. The summed E-state index contributed by atoms with van der Waals surface area (Å²) in [5, 5.41) is 0.650. The molecule has 0 aliphatic carbocycles. The normalized spacial score (nSPS) is 18.7. The second-order valence-electron chi connectivity index (χ2n) is 4.74. The highest BCUT2D eigenvalue weighted by Crippen LogP contribution is 2.30. The number of halogens is 2. The van der Waals surface area contributed by atoms with E-state index in [0.717, 1.165) is 13.1 Å². The van der Waals surface area contributed by atoms with E-state index < -0.39 is 10.0 Å². The van der Waals surface area contributed by atoms with Gasteiger partial charge in [0.25, 0.3) is 0 Å². The largest absolute Gasteiger partial charge is 0.304 e. The summed E-state index contributed by atoms with van der Waals surface area (Å²) in [6, 6.07) is 3.03. The molecule has 2 rings (SSSR count). The predicted octanol–water partition coefficient (Wildman–Crippen LogP) is 2.24. The highest BCUT2D eigenvalue weighted by molar-refractivity contribution is 7.89. The molecule has 0 radical (unpaired) electrons. The van der Waals surface area contributed by atoms with Crippen LogP contribution in [0.1, 0.15) is 5.56 Å². The first-order valence-corrected chi connectivity index (χ1v) is 8.16. The third-order valence-electron chi connectivity index (χ3n) is 3.29. The zero-order valence-electron chi connectivity index (χ0n) is 10.9. The molecule has 0 amide bonds. The van der Waals surface area contributed by atoms with Crippen LogP contribution in [0.4, 0.5) is 0 Å². The molecule has 7 heteroatoms. The van der Waals surface area contributed by atoms with Gasteiger partial charge in [0, 0.05) is 31.2 Å². The van der Waals surface area contributed by atoms with Crippen molar-refractivity contribution < 1.29 is 8.42 Å². The van der Waals surface area contributed by atoms with E-state index in [4.69, 9.17) is 23.2 Å². The van der Waals surface area contributed by atoms with Crippen LogP contribution in [0.2, 0.25) is 10.0 Å². The molecule has 0 aromatic heterocycles. The summed E-state index contributed by atoms with van der Waals surface area (Å²) in [6.45, 7) is 4.18. The fraction of sp³-hybridized carbons (Fsp3) is 0.500. The van der Waals surface area contributed by atoms with Crippen LogP contribution < -0.4 is 0 Å². The minimum atomic E-state index is -3.54. The van der Waals surface area contributed by atoms with Crippen LogP contribution in [0.3, 0.4) is 0 Å². The smallest absolute Gasteiger partial charge is 0.244 e. The second-order valence-corrected chi connectivity index (χ2v) is 7.46. The van der Waals surface area contributed by atoms with Crippen molar-refractivity contribution in [1.29, 1.82) is 0 Å². The SMILES string of the molecule is Cc1cc(S(=O)(=O)N2CCN(C)CC2)c(Cl)cc1Cl. The van der Waals surface area contributed by atoms with Gasteiger partial charge in [-0.2, -0.15) is 4.31 Å². The Balaban J connectivity index is 2.37. The zero-order chi connectivity index (χ0) is 14.2. The molecule has 0 N–H and O–H groups in total. The fourth-order valence-corrected chi connectivity index (χ4v) is 4.22. The maximum atomic E-state index is 12.6. The molecule has 19 heavy (non-hydrogen) atoms. The van der Waals surface area contributed by atoms with E-state index in [-0.39, 0.29) is 9.92 Å². The summed E-state index contributed by atoms with van der Waals surface area (Å²) < 4.78 is 26.6. The van der Waals surface area contributed by atoms with Gasteiger partial charge in [0.05, 0.1) is 5.02 Å². The Hall–Kier alpha value is -0.330. The lowest BCUT2D eigenvalue weighted by Crippen LogP contribution is -2.47. The van der Waals surface area contributed by atoms with Gasteiger partial charge in [0.15, 0.2) is 0 Å². The van der Waals surface area contributed by atoms with Crippen molar-refractivity contribution >= 4 is 33.2 Å². The second kappa shape index (κ2) is 5.58. The van der Waals surface area contributed by atoms with Crippen LogP contribution in [0.5, 0.6) is 0 Å². The topological polar surface area (TPSA) is 40.6 Å². The van der Waals surface area contributed by atoms with E-state index in [9.17, 15) is 8.42 Å². The van der Waals surface area contributed by atoms with Crippen molar-refractivity contribution in [3.63, 3.8) is 0 Å². The lowest BCUT2D eigenvalue weighted by molar-refractivity contribution is 0.222. The predicted molar refractivity (Wildman–Crippen MR) is 77.5 cm³/mol. The number of rotatable bonds is 2. The number of nitrogens with zero attached hydrogens (tertiary/aromatic N) is 2.